The Bertz CT molecular complexity index is 1890. The molecule has 240 valence electrons. The second kappa shape index (κ2) is 11.5. The molecule has 0 atom stereocenters. The minimum atomic E-state index is -0.533. The molecule has 0 spiro atoms. The smallest absolute Gasteiger partial charge is 0.274 e. The summed E-state index contributed by atoms with van der Waals surface area (Å²) in [5.41, 5.74) is 6.10. The zero-order valence-electron chi connectivity index (χ0n) is 26.9. The third-order valence-electron chi connectivity index (χ3n) is 10.00. The number of anilines is 3. The van der Waals surface area contributed by atoms with E-state index < -0.39 is 12.4 Å². The van der Waals surface area contributed by atoms with Crippen molar-refractivity contribution in [2.45, 2.75) is 58.6 Å². The molecule has 0 bridgehead atoms. The van der Waals surface area contributed by atoms with Gasteiger partial charge in [0.15, 0.2) is 0 Å². The summed E-state index contributed by atoms with van der Waals surface area (Å²) in [5, 5.41) is 13.8. The lowest BCUT2D eigenvalue weighted by atomic mass is 9.90. The molecule has 1 saturated heterocycles. The number of benzene rings is 1. The molecular weight excluding hydrogens is 583 g/mol. The maximum Gasteiger partial charge on any atom is 0.274 e. The van der Waals surface area contributed by atoms with Crippen molar-refractivity contribution < 1.29 is 14.3 Å². The third-order valence-corrected chi connectivity index (χ3v) is 10.00. The molecule has 1 aromatic carbocycles. The molecule has 1 amide bonds. The number of aliphatic hydroxyl groups is 1. The Morgan fingerprint density at radius 2 is 1.80 bits per heavy atom. The van der Waals surface area contributed by atoms with Crippen LogP contribution in [0.5, 0.6) is 0 Å². The van der Waals surface area contributed by atoms with Crippen LogP contribution >= 0.6 is 0 Å². The van der Waals surface area contributed by atoms with Gasteiger partial charge in [0.1, 0.15) is 23.0 Å². The molecule has 9 nitrogen and oxygen atoms in total. The van der Waals surface area contributed by atoms with Gasteiger partial charge < -0.3 is 29.4 Å². The van der Waals surface area contributed by atoms with E-state index in [-0.39, 0.29) is 22.6 Å². The summed E-state index contributed by atoms with van der Waals surface area (Å²) >= 11 is 0. The number of hydrogen-bond acceptors (Lipinski definition) is 6. The van der Waals surface area contributed by atoms with Crippen LogP contribution in [0.25, 0.3) is 11.1 Å². The Hall–Kier alpha value is -4.28. The minimum Gasteiger partial charge on any atom is -0.392 e. The first-order chi connectivity index (χ1) is 22.0. The maximum absolute atomic E-state index is 15.3. The van der Waals surface area contributed by atoms with Crippen molar-refractivity contribution in [1.82, 2.24) is 19.0 Å². The van der Waals surface area contributed by atoms with Gasteiger partial charge in [0.2, 0.25) is 0 Å². The number of aliphatic hydroxyl groups excluding tert-OH is 1. The molecule has 5 heterocycles. The molecule has 2 N–H and O–H groups in total. The second-order valence-corrected chi connectivity index (χ2v) is 14.0. The average Bonchev–Trinajstić information content (AvgIpc) is 3.52. The third kappa shape index (κ3) is 5.43. The summed E-state index contributed by atoms with van der Waals surface area (Å²) in [5.74, 6) is 0.264. The number of nitrogens with zero attached hydrogens (tertiary/aromatic N) is 5. The molecule has 1 aliphatic carbocycles. The number of aryl methyl sites for hydroxylation is 1. The number of carbonyl (C=O) groups is 1. The van der Waals surface area contributed by atoms with Gasteiger partial charge >= 0.3 is 0 Å². The van der Waals surface area contributed by atoms with Gasteiger partial charge in [-0.15, -0.1) is 0 Å². The van der Waals surface area contributed by atoms with Gasteiger partial charge in [0.25, 0.3) is 11.5 Å². The van der Waals surface area contributed by atoms with Gasteiger partial charge in [0.05, 0.1) is 12.3 Å². The molecule has 4 aromatic rings. The van der Waals surface area contributed by atoms with Gasteiger partial charge in [-0.2, -0.15) is 0 Å². The zero-order valence-corrected chi connectivity index (χ0v) is 26.9. The molecule has 1 fully saturated rings. The number of hydrogen-bond donors (Lipinski definition) is 2. The molecule has 0 saturated carbocycles. The van der Waals surface area contributed by atoms with Gasteiger partial charge in [0, 0.05) is 49.4 Å². The highest BCUT2D eigenvalue weighted by molar-refractivity contribution is 6.07. The molecule has 10 heteroatoms. The topological polar surface area (TPSA) is 95.6 Å². The Labute approximate surface area is 268 Å². The summed E-state index contributed by atoms with van der Waals surface area (Å²) in [6, 6.07) is 10.2. The van der Waals surface area contributed by atoms with Crippen molar-refractivity contribution in [3.63, 3.8) is 0 Å². The quantitative estimate of drug-likeness (QED) is 0.306. The van der Waals surface area contributed by atoms with Crippen molar-refractivity contribution in [3.05, 3.63) is 93.0 Å². The monoisotopic (exact) mass is 624 g/mol. The first-order valence-electron chi connectivity index (χ1n) is 16.1. The van der Waals surface area contributed by atoms with E-state index in [1.807, 2.05) is 18.3 Å². The summed E-state index contributed by atoms with van der Waals surface area (Å²) in [7, 11) is 3.77. The first kappa shape index (κ1) is 30.4. The molecule has 0 unspecified atom stereocenters. The number of likely N-dealkylation sites (tertiary alicyclic amines) is 1. The number of aromatic nitrogens is 3. The summed E-state index contributed by atoms with van der Waals surface area (Å²) < 4.78 is 18.9. The average molecular weight is 625 g/mol. The highest BCUT2D eigenvalue weighted by atomic mass is 19.1. The van der Waals surface area contributed by atoms with E-state index in [1.54, 1.807) is 24.2 Å². The standard InChI is InChI=1S/C36H41FN6O3/c1-36(2)17-24-14-31-35(46)43(12-11-42(31)32(24)18-36)30-16-26(37)15-27(28(30)21-44)25-13-29(34(45)41(4)20-25)39-33-6-5-23(19-38-33)22-7-9-40(3)10-8-22/h5-6,13-16,19-20,22,44H,7-12,17-18,21H2,1-4H3,(H,38,39). The van der Waals surface area contributed by atoms with Crippen LogP contribution in [0.15, 0.2) is 53.6 Å². The largest absolute Gasteiger partial charge is 0.392 e. The second-order valence-electron chi connectivity index (χ2n) is 14.0. The number of carbonyl (C=O) groups excluding carboxylic acids is 1. The van der Waals surface area contributed by atoms with Crippen LogP contribution < -0.4 is 15.8 Å². The van der Waals surface area contributed by atoms with Crippen molar-refractivity contribution in [2.75, 3.05) is 36.9 Å². The number of fused-ring (bicyclic) bond motifs is 3. The SMILES string of the molecule is CN1CCC(c2ccc(Nc3cc(-c4cc(F)cc(N5CCn6c(cc7c6CC(C)(C)C7)C5=O)c4CO)cn(C)c3=O)nc2)CC1. The lowest BCUT2D eigenvalue weighted by Gasteiger charge is -2.32. The fourth-order valence-electron chi connectivity index (χ4n) is 7.58. The number of amides is 1. The Balaban J connectivity index is 1.20. The van der Waals surface area contributed by atoms with Crippen LogP contribution in [0, 0.1) is 11.2 Å². The lowest BCUT2D eigenvalue weighted by molar-refractivity contribution is 0.0963. The maximum atomic E-state index is 15.3. The fraction of sp³-hybridized carbons (Fsp3) is 0.417. The Morgan fingerprint density at radius 3 is 2.52 bits per heavy atom. The van der Waals surface area contributed by atoms with Gasteiger partial charge in [-0.25, -0.2) is 9.37 Å². The predicted octanol–water partition coefficient (Wildman–Crippen LogP) is 5.22. The van der Waals surface area contributed by atoms with Crippen LogP contribution in [0.2, 0.25) is 0 Å². The van der Waals surface area contributed by atoms with Crippen LogP contribution in [0.4, 0.5) is 21.6 Å². The van der Waals surface area contributed by atoms with E-state index in [1.165, 1.54) is 33.5 Å². The Kier molecular flexibility index (Phi) is 7.60. The number of pyridine rings is 2. The normalized spacial score (nSPS) is 18.1. The molecular formula is C36H41FN6O3. The van der Waals surface area contributed by atoms with Crippen molar-refractivity contribution in [1.29, 1.82) is 0 Å². The number of nitrogens with one attached hydrogen (secondary N) is 1. The van der Waals surface area contributed by atoms with E-state index in [2.05, 4.69) is 46.7 Å². The summed E-state index contributed by atoms with van der Waals surface area (Å²) in [4.78, 5) is 35.5. The molecule has 2 aliphatic heterocycles. The fourth-order valence-corrected chi connectivity index (χ4v) is 7.58. The molecule has 0 radical (unpaired) electrons. The van der Waals surface area contributed by atoms with Crippen molar-refractivity contribution in [2.24, 2.45) is 12.5 Å². The highest BCUT2D eigenvalue weighted by Crippen LogP contribution is 2.41. The van der Waals surface area contributed by atoms with Gasteiger partial charge in [-0.05, 0) is 104 Å². The van der Waals surface area contributed by atoms with Crippen LogP contribution in [-0.4, -0.2) is 56.7 Å². The van der Waals surface area contributed by atoms with Crippen LogP contribution in [-0.2, 0) is 33.0 Å². The van der Waals surface area contributed by atoms with E-state index in [0.29, 0.717) is 52.9 Å². The zero-order chi connectivity index (χ0) is 32.3. The summed E-state index contributed by atoms with van der Waals surface area (Å²) in [6.07, 6.45) is 7.51. The number of piperidine rings is 1. The minimum absolute atomic E-state index is 0.171. The number of rotatable bonds is 6. The van der Waals surface area contributed by atoms with Crippen LogP contribution in [0.1, 0.15) is 65.5 Å². The van der Waals surface area contributed by atoms with E-state index in [9.17, 15) is 14.7 Å². The first-order valence-corrected chi connectivity index (χ1v) is 16.1. The molecule has 7 rings (SSSR count). The van der Waals surface area contributed by atoms with Crippen LogP contribution in [0.3, 0.4) is 0 Å². The predicted molar refractivity (Wildman–Crippen MR) is 177 cm³/mol. The lowest BCUT2D eigenvalue weighted by Crippen LogP contribution is -2.41. The van der Waals surface area contributed by atoms with Crippen molar-refractivity contribution in [3.8, 4) is 11.1 Å². The number of halogens is 1. The molecule has 3 aliphatic rings. The molecule has 3 aromatic heterocycles. The molecule has 46 heavy (non-hydrogen) atoms. The highest BCUT2D eigenvalue weighted by Gasteiger charge is 2.37. The van der Waals surface area contributed by atoms with E-state index in [0.717, 1.165) is 38.8 Å². The van der Waals surface area contributed by atoms with Crippen molar-refractivity contribution >= 4 is 23.1 Å². The van der Waals surface area contributed by atoms with Gasteiger partial charge in [-0.1, -0.05) is 19.9 Å². The van der Waals surface area contributed by atoms with Gasteiger partial charge in [-0.3, -0.25) is 9.59 Å². The van der Waals surface area contributed by atoms with E-state index >= 15 is 4.39 Å². The summed E-state index contributed by atoms with van der Waals surface area (Å²) in [6.45, 7) is 7.15. The van der Waals surface area contributed by atoms with E-state index in [4.69, 9.17) is 0 Å². The Morgan fingerprint density at radius 1 is 1.02 bits per heavy atom.